The molecule has 0 fully saturated rings. The van der Waals surface area contributed by atoms with Gasteiger partial charge < -0.3 is 24.8 Å². The van der Waals surface area contributed by atoms with Crippen molar-refractivity contribution in [2.75, 3.05) is 45.3 Å². The van der Waals surface area contributed by atoms with Gasteiger partial charge in [-0.05, 0) is 39.3 Å². The highest BCUT2D eigenvalue weighted by atomic mass is 16.5. The zero-order valence-corrected chi connectivity index (χ0v) is 14.6. The Bertz CT molecular complexity index is 478. The molecule has 0 atom stereocenters. The number of ether oxygens (including phenoxy) is 3. The van der Waals surface area contributed by atoms with Crippen LogP contribution in [0.1, 0.15) is 27.2 Å². The van der Waals surface area contributed by atoms with Crippen LogP contribution in [-0.2, 0) is 4.74 Å². The highest BCUT2D eigenvalue weighted by Crippen LogP contribution is 2.30. The van der Waals surface area contributed by atoms with Gasteiger partial charge in [-0.25, -0.2) is 0 Å². The Hall–Kier alpha value is -1.95. The Morgan fingerprint density at radius 3 is 2.61 bits per heavy atom. The largest absolute Gasteiger partial charge is 0.493 e. The van der Waals surface area contributed by atoms with Gasteiger partial charge in [0.2, 0.25) is 0 Å². The van der Waals surface area contributed by atoms with Crippen LogP contribution in [0.15, 0.2) is 23.2 Å². The maximum atomic E-state index is 5.59. The average Bonchev–Trinajstić information content (AvgIpc) is 2.55. The number of benzene rings is 1. The Morgan fingerprint density at radius 2 is 1.96 bits per heavy atom. The van der Waals surface area contributed by atoms with Gasteiger partial charge in [0.25, 0.3) is 0 Å². The van der Waals surface area contributed by atoms with Crippen LogP contribution in [0.3, 0.4) is 0 Å². The lowest BCUT2D eigenvalue weighted by Crippen LogP contribution is -2.30. The second-order valence-corrected chi connectivity index (χ2v) is 4.73. The molecule has 0 unspecified atom stereocenters. The first-order chi connectivity index (χ1) is 11.2. The molecule has 0 aromatic heterocycles. The Labute approximate surface area is 139 Å². The lowest BCUT2D eigenvalue weighted by molar-refractivity contribution is 0.146. The van der Waals surface area contributed by atoms with Crippen molar-refractivity contribution in [2.45, 2.75) is 27.2 Å². The normalized spacial score (nSPS) is 11.2. The van der Waals surface area contributed by atoms with E-state index in [0.29, 0.717) is 18.9 Å². The SMILES string of the molecule is CCNC(=NCCCOCC)Nc1ccc(OC)c(OCC)c1. The summed E-state index contributed by atoms with van der Waals surface area (Å²) in [5, 5.41) is 6.51. The third kappa shape index (κ3) is 7.23. The number of anilines is 1. The third-order valence-electron chi connectivity index (χ3n) is 2.99. The maximum absolute atomic E-state index is 5.59. The quantitative estimate of drug-likeness (QED) is 0.394. The van der Waals surface area contributed by atoms with E-state index >= 15 is 0 Å². The molecule has 0 radical (unpaired) electrons. The number of methoxy groups -OCH3 is 1. The van der Waals surface area contributed by atoms with Gasteiger partial charge in [-0.2, -0.15) is 0 Å². The zero-order chi connectivity index (χ0) is 16.9. The average molecular weight is 323 g/mol. The molecule has 0 saturated heterocycles. The fourth-order valence-corrected chi connectivity index (χ4v) is 1.97. The first kappa shape index (κ1) is 19.1. The van der Waals surface area contributed by atoms with Crippen LogP contribution in [-0.4, -0.2) is 46.0 Å². The van der Waals surface area contributed by atoms with Crippen molar-refractivity contribution < 1.29 is 14.2 Å². The number of rotatable bonds is 10. The van der Waals surface area contributed by atoms with Crippen molar-refractivity contribution in [3.63, 3.8) is 0 Å². The minimum atomic E-state index is 0.589. The smallest absolute Gasteiger partial charge is 0.195 e. The molecule has 0 aliphatic rings. The summed E-state index contributed by atoms with van der Waals surface area (Å²) in [4.78, 5) is 4.54. The van der Waals surface area contributed by atoms with Gasteiger partial charge in [0, 0.05) is 38.1 Å². The second kappa shape index (κ2) is 11.6. The number of hydrogen-bond acceptors (Lipinski definition) is 4. The summed E-state index contributed by atoms with van der Waals surface area (Å²) in [5.74, 6) is 2.18. The molecular weight excluding hydrogens is 294 g/mol. The predicted octanol–water partition coefficient (Wildman–Crippen LogP) is 2.90. The van der Waals surface area contributed by atoms with Crippen LogP contribution in [0.4, 0.5) is 5.69 Å². The van der Waals surface area contributed by atoms with Gasteiger partial charge in [0.1, 0.15) is 0 Å². The van der Waals surface area contributed by atoms with Gasteiger partial charge in [-0.15, -0.1) is 0 Å². The Morgan fingerprint density at radius 1 is 1.13 bits per heavy atom. The molecule has 1 rings (SSSR count). The van der Waals surface area contributed by atoms with Crippen LogP contribution in [0, 0.1) is 0 Å². The van der Waals surface area contributed by atoms with E-state index in [1.54, 1.807) is 7.11 Å². The summed E-state index contributed by atoms with van der Waals surface area (Å²) in [6, 6.07) is 5.73. The van der Waals surface area contributed by atoms with Crippen molar-refractivity contribution in [2.24, 2.45) is 4.99 Å². The molecule has 0 spiro atoms. The molecular formula is C17H29N3O3. The van der Waals surface area contributed by atoms with Crippen molar-refractivity contribution in [3.05, 3.63) is 18.2 Å². The number of nitrogens with zero attached hydrogens (tertiary/aromatic N) is 1. The molecule has 0 aliphatic carbocycles. The fourth-order valence-electron chi connectivity index (χ4n) is 1.97. The van der Waals surface area contributed by atoms with Crippen molar-refractivity contribution >= 4 is 11.6 Å². The van der Waals surface area contributed by atoms with E-state index in [1.165, 1.54) is 0 Å². The van der Waals surface area contributed by atoms with Crippen molar-refractivity contribution in [1.82, 2.24) is 5.32 Å². The van der Waals surface area contributed by atoms with Gasteiger partial charge in [-0.1, -0.05) is 0 Å². The zero-order valence-electron chi connectivity index (χ0n) is 14.6. The number of aliphatic imine (C=N–C) groups is 1. The van der Waals surface area contributed by atoms with Crippen LogP contribution >= 0.6 is 0 Å². The summed E-state index contributed by atoms with van der Waals surface area (Å²) < 4.78 is 16.2. The fraction of sp³-hybridized carbons (Fsp3) is 0.588. The van der Waals surface area contributed by atoms with Gasteiger partial charge in [0.05, 0.1) is 13.7 Å². The molecule has 0 aliphatic heterocycles. The lowest BCUT2D eigenvalue weighted by Gasteiger charge is -2.14. The van der Waals surface area contributed by atoms with E-state index < -0.39 is 0 Å². The third-order valence-corrected chi connectivity index (χ3v) is 2.99. The molecule has 0 saturated carbocycles. The van der Waals surface area contributed by atoms with Gasteiger partial charge in [0.15, 0.2) is 17.5 Å². The summed E-state index contributed by atoms with van der Waals surface area (Å²) in [6.07, 6.45) is 0.900. The van der Waals surface area contributed by atoms with Crippen LogP contribution in [0.25, 0.3) is 0 Å². The topological polar surface area (TPSA) is 64.1 Å². The van der Waals surface area contributed by atoms with E-state index in [4.69, 9.17) is 14.2 Å². The first-order valence-electron chi connectivity index (χ1n) is 8.19. The van der Waals surface area contributed by atoms with E-state index in [9.17, 15) is 0 Å². The van der Waals surface area contributed by atoms with Crippen molar-refractivity contribution in [1.29, 1.82) is 0 Å². The molecule has 2 N–H and O–H groups in total. The first-order valence-corrected chi connectivity index (χ1v) is 8.19. The molecule has 1 aromatic rings. The van der Waals surface area contributed by atoms with E-state index in [0.717, 1.165) is 43.6 Å². The van der Waals surface area contributed by atoms with Crippen LogP contribution in [0.2, 0.25) is 0 Å². The highest BCUT2D eigenvalue weighted by Gasteiger charge is 2.06. The molecule has 6 nitrogen and oxygen atoms in total. The van der Waals surface area contributed by atoms with E-state index in [-0.39, 0.29) is 0 Å². The minimum absolute atomic E-state index is 0.589. The Kier molecular flexibility index (Phi) is 9.63. The number of guanidine groups is 1. The summed E-state index contributed by atoms with van der Waals surface area (Å²) >= 11 is 0. The summed E-state index contributed by atoms with van der Waals surface area (Å²) in [7, 11) is 1.63. The molecule has 6 heteroatoms. The second-order valence-electron chi connectivity index (χ2n) is 4.73. The molecule has 0 heterocycles. The maximum Gasteiger partial charge on any atom is 0.195 e. The molecule has 0 bridgehead atoms. The minimum Gasteiger partial charge on any atom is -0.493 e. The van der Waals surface area contributed by atoms with Crippen LogP contribution in [0.5, 0.6) is 11.5 Å². The standard InChI is InChI=1S/C17H29N3O3/c1-5-18-17(19-11-8-12-22-6-2)20-14-9-10-15(21-4)16(13-14)23-7-3/h9-10,13H,5-8,11-12H2,1-4H3,(H2,18,19,20). The molecule has 23 heavy (non-hydrogen) atoms. The summed E-state index contributed by atoms with van der Waals surface area (Å²) in [5.41, 5.74) is 0.902. The molecule has 1 aromatic carbocycles. The van der Waals surface area contributed by atoms with E-state index in [2.05, 4.69) is 15.6 Å². The summed E-state index contributed by atoms with van der Waals surface area (Å²) in [6.45, 7) is 9.56. The molecule has 130 valence electrons. The van der Waals surface area contributed by atoms with Crippen LogP contribution < -0.4 is 20.1 Å². The van der Waals surface area contributed by atoms with Gasteiger partial charge in [-0.3, -0.25) is 4.99 Å². The Balaban J connectivity index is 2.71. The van der Waals surface area contributed by atoms with Crippen molar-refractivity contribution in [3.8, 4) is 11.5 Å². The molecule has 0 amide bonds. The predicted molar refractivity (Wildman–Crippen MR) is 94.9 cm³/mol. The van der Waals surface area contributed by atoms with E-state index in [1.807, 2.05) is 39.0 Å². The lowest BCUT2D eigenvalue weighted by atomic mass is 10.2. The monoisotopic (exact) mass is 323 g/mol. The number of nitrogens with one attached hydrogen (secondary N) is 2. The van der Waals surface area contributed by atoms with Gasteiger partial charge >= 0.3 is 0 Å². The highest BCUT2D eigenvalue weighted by molar-refractivity contribution is 5.93. The number of hydrogen-bond donors (Lipinski definition) is 2.